The van der Waals surface area contributed by atoms with Gasteiger partial charge in [0.15, 0.2) is 6.10 Å². The summed E-state index contributed by atoms with van der Waals surface area (Å²) in [5.74, 6) is -0.104. The van der Waals surface area contributed by atoms with Gasteiger partial charge in [-0.25, -0.2) is 9.59 Å². The van der Waals surface area contributed by atoms with E-state index >= 15 is 0 Å². The molecule has 0 unspecified atom stereocenters. The third kappa shape index (κ3) is 15.5. The molecule has 0 saturated carbocycles. The molecule has 17 nitrogen and oxygen atoms in total. The Morgan fingerprint density at radius 3 is 1.44 bits per heavy atom. The van der Waals surface area contributed by atoms with E-state index in [0.717, 1.165) is 17.4 Å². The van der Waals surface area contributed by atoms with Crippen molar-refractivity contribution in [1.29, 1.82) is 0 Å². The van der Waals surface area contributed by atoms with E-state index in [1.165, 1.54) is 12.0 Å². The van der Waals surface area contributed by atoms with Crippen molar-refractivity contribution in [2.24, 2.45) is 0 Å². The maximum absolute atomic E-state index is 12.7. The minimum absolute atomic E-state index is 0.167. The fourth-order valence-electron chi connectivity index (χ4n) is 6.74. The number of benzene rings is 4. The number of hydrogen-bond donors (Lipinski definition) is 0. The number of nitrogens with zero attached hydrogens (tertiary/aromatic N) is 2. The van der Waals surface area contributed by atoms with Crippen molar-refractivity contribution < 1.29 is 69.7 Å². The van der Waals surface area contributed by atoms with Gasteiger partial charge < -0.3 is 33.2 Å². The van der Waals surface area contributed by atoms with E-state index in [0.29, 0.717) is 45.9 Å². The second kappa shape index (κ2) is 25.6. The van der Waals surface area contributed by atoms with Gasteiger partial charge in [0.2, 0.25) is 0 Å². The molecule has 2 aliphatic rings. The van der Waals surface area contributed by atoms with Crippen LogP contribution in [-0.4, -0.2) is 97.6 Å². The fraction of sp³-hybridized carbons (Fsp3) is 0.370. The highest BCUT2D eigenvalue weighted by atomic mass is 35.5. The van der Waals surface area contributed by atoms with Gasteiger partial charge in [0, 0.05) is 27.8 Å². The summed E-state index contributed by atoms with van der Waals surface area (Å²) in [7, 11) is -0.561. The first kappa shape index (κ1) is 52.5. The monoisotopic (exact) mass is 974 g/mol. The van der Waals surface area contributed by atoms with Gasteiger partial charge in [-0.15, -0.1) is 0 Å². The topological polar surface area (TPSA) is 200 Å². The van der Waals surface area contributed by atoms with Crippen LogP contribution in [0.15, 0.2) is 97.1 Å². The SMILES string of the molecule is CCOC(=O)CC(=O)OCC.CCOC(=O)CC[C@@H]1OC(=O)N(c2ccc(Cl)cc2)[C@H]1c1cccc(OC)c1.COc1cccc([C@H]2[C@H](COS(C)(=O)=O)OC(=O)N2c2ccc(Cl)cc2)c1. The quantitative estimate of drug-likeness (QED) is 0.0421. The van der Waals surface area contributed by atoms with Crippen molar-refractivity contribution in [3.63, 3.8) is 0 Å². The van der Waals surface area contributed by atoms with E-state index in [1.54, 1.807) is 99.5 Å². The number of carbonyl (C=O) groups is 5. The summed E-state index contributed by atoms with van der Waals surface area (Å²) in [4.78, 5) is 61.3. The number of esters is 3. The van der Waals surface area contributed by atoms with Crippen LogP contribution in [-0.2, 0) is 52.4 Å². The van der Waals surface area contributed by atoms with Gasteiger partial charge in [0.25, 0.3) is 10.1 Å². The predicted molar refractivity (Wildman–Crippen MR) is 244 cm³/mol. The van der Waals surface area contributed by atoms with Crippen LogP contribution in [0.4, 0.5) is 21.0 Å². The smallest absolute Gasteiger partial charge is 0.415 e. The Bertz CT molecular complexity index is 2350. The molecule has 0 N–H and O–H groups in total. The van der Waals surface area contributed by atoms with Crippen molar-refractivity contribution in [3.8, 4) is 11.5 Å². The number of methoxy groups -OCH3 is 2. The Labute approximate surface area is 393 Å². The molecule has 4 atom stereocenters. The van der Waals surface area contributed by atoms with E-state index in [2.05, 4.69) is 9.47 Å². The molecule has 4 aromatic rings. The van der Waals surface area contributed by atoms with Gasteiger partial charge in [-0.1, -0.05) is 47.5 Å². The average molecular weight is 976 g/mol. The van der Waals surface area contributed by atoms with Gasteiger partial charge in [-0.2, -0.15) is 8.42 Å². The molecular formula is C46H52Cl2N2O15S. The van der Waals surface area contributed by atoms with Crippen LogP contribution in [0, 0.1) is 0 Å². The zero-order valence-corrected chi connectivity index (χ0v) is 39.5. The van der Waals surface area contributed by atoms with Crippen molar-refractivity contribution in [2.45, 2.75) is 64.3 Å². The standard InChI is InChI=1S/C21H22ClNO5.C18H18ClNO6S.C7H12O4/c1-3-27-19(24)12-11-18-20(14-5-4-6-17(13-14)26-2)23(21(25)28-18)16-9-7-15(22)8-10-16;1-24-15-5-3-4-12(10-15)17-16(11-25-27(2,22)23)26-18(21)20(17)14-8-6-13(19)7-9-14;1-3-10-6(8)5-7(9)11-4-2/h4-10,13,18,20H,3,11-12H2,1-2H3;3-10,16-17H,11H2,1-2H3;3-5H2,1-2H3/t18-,20-;16-,17-;/m00./s1. The Morgan fingerprint density at radius 1 is 0.621 bits per heavy atom. The third-order valence-electron chi connectivity index (χ3n) is 9.52. The highest BCUT2D eigenvalue weighted by Gasteiger charge is 2.45. The first-order chi connectivity index (χ1) is 31.5. The van der Waals surface area contributed by atoms with Crippen molar-refractivity contribution in [3.05, 3.63) is 118 Å². The van der Waals surface area contributed by atoms with Gasteiger partial charge in [-0.05, 0) is 111 Å². The summed E-state index contributed by atoms with van der Waals surface area (Å²) in [5, 5.41) is 1.11. The molecule has 0 radical (unpaired) electrons. The lowest BCUT2D eigenvalue weighted by atomic mass is 9.97. The summed E-state index contributed by atoms with van der Waals surface area (Å²) in [5.41, 5.74) is 2.81. The predicted octanol–water partition coefficient (Wildman–Crippen LogP) is 8.65. The molecule has 66 heavy (non-hydrogen) atoms. The molecule has 2 aliphatic heterocycles. The molecule has 6 rings (SSSR count). The van der Waals surface area contributed by atoms with Crippen molar-refractivity contribution in [1.82, 2.24) is 0 Å². The zero-order chi connectivity index (χ0) is 48.4. The maximum Gasteiger partial charge on any atom is 0.415 e. The Kier molecular flexibility index (Phi) is 20.4. The molecule has 2 fully saturated rings. The van der Waals surface area contributed by atoms with Gasteiger partial charge in [-0.3, -0.25) is 28.4 Å². The Balaban J connectivity index is 0.000000237. The lowest BCUT2D eigenvalue weighted by Crippen LogP contribution is -2.31. The molecular weight excluding hydrogens is 923 g/mol. The minimum Gasteiger partial charge on any atom is -0.497 e. The highest BCUT2D eigenvalue weighted by Crippen LogP contribution is 2.41. The van der Waals surface area contributed by atoms with E-state index in [1.807, 2.05) is 30.3 Å². The lowest BCUT2D eigenvalue weighted by molar-refractivity contribution is -0.154. The number of ether oxygens (including phenoxy) is 7. The maximum atomic E-state index is 12.7. The molecule has 2 heterocycles. The molecule has 2 amide bonds. The minimum atomic E-state index is -3.69. The van der Waals surface area contributed by atoms with Crippen molar-refractivity contribution >= 4 is 74.8 Å². The molecule has 0 bridgehead atoms. The van der Waals surface area contributed by atoms with Crippen LogP contribution in [0.1, 0.15) is 63.2 Å². The first-order valence-electron chi connectivity index (χ1n) is 20.6. The molecule has 0 spiro atoms. The summed E-state index contributed by atoms with van der Waals surface area (Å²) in [6.45, 7) is 5.73. The largest absolute Gasteiger partial charge is 0.497 e. The van der Waals surface area contributed by atoms with Crippen LogP contribution in [0.5, 0.6) is 11.5 Å². The van der Waals surface area contributed by atoms with Crippen LogP contribution < -0.4 is 19.3 Å². The Morgan fingerprint density at radius 2 is 1.03 bits per heavy atom. The number of carbonyl (C=O) groups excluding carboxylic acids is 5. The van der Waals surface area contributed by atoms with E-state index in [9.17, 15) is 32.4 Å². The van der Waals surface area contributed by atoms with Crippen LogP contribution in [0.2, 0.25) is 10.0 Å². The van der Waals surface area contributed by atoms with Crippen molar-refractivity contribution in [2.75, 3.05) is 56.7 Å². The second-order valence-electron chi connectivity index (χ2n) is 14.1. The van der Waals surface area contributed by atoms with E-state index in [-0.39, 0.29) is 38.6 Å². The fourth-order valence-corrected chi connectivity index (χ4v) is 7.38. The summed E-state index contributed by atoms with van der Waals surface area (Å²) < 4.78 is 63.4. The number of amides is 2. The number of rotatable bonds is 17. The average Bonchev–Trinajstić information content (AvgIpc) is 3.81. The number of anilines is 2. The highest BCUT2D eigenvalue weighted by molar-refractivity contribution is 7.86. The van der Waals surface area contributed by atoms with E-state index < -0.39 is 58.5 Å². The molecule has 4 aromatic carbocycles. The lowest BCUT2D eigenvalue weighted by Gasteiger charge is -2.25. The number of hydrogen-bond acceptors (Lipinski definition) is 15. The van der Waals surface area contributed by atoms with Crippen LogP contribution in [0.3, 0.4) is 0 Å². The molecule has 0 aromatic heterocycles. The van der Waals surface area contributed by atoms with Gasteiger partial charge in [0.05, 0.1) is 40.3 Å². The third-order valence-corrected chi connectivity index (χ3v) is 10.6. The summed E-state index contributed by atoms with van der Waals surface area (Å²) >= 11 is 11.9. The molecule has 356 valence electrons. The summed E-state index contributed by atoms with van der Waals surface area (Å²) in [6.07, 6.45) is -1.22. The zero-order valence-electron chi connectivity index (χ0n) is 37.2. The molecule has 0 aliphatic carbocycles. The summed E-state index contributed by atoms with van der Waals surface area (Å²) in [6, 6.07) is 27.3. The number of cyclic esters (lactones) is 2. The molecule has 20 heteroatoms. The van der Waals surface area contributed by atoms with Gasteiger partial charge >= 0.3 is 30.1 Å². The Hall–Kier alpha value is -6.08. The first-order valence-corrected chi connectivity index (χ1v) is 23.2. The van der Waals surface area contributed by atoms with E-state index in [4.69, 9.17) is 51.1 Å². The normalized spacial score (nSPS) is 17.5. The van der Waals surface area contributed by atoms with Crippen LogP contribution in [0.25, 0.3) is 0 Å². The molecule has 2 saturated heterocycles. The number of halogens is 2. The van der Waals surface area contributed by atoms with Crippen LogP contribution >= 0.6 is 23.2 Å². The second-order valence-corrected chi connectivity index (χ2v) is 16.6. The van der Waals surface area contributed by atoms with Gasteiger partial charge in [0.1, 0.15) is 42.7 Å².